The summed E-state index contributed by atoms with van der Waals surface area (Å²) >= 11 is 5.96. The van der Waals surface area contributed by atoms with Gasteiger partial charge >= 0.3 is 0 Å². The maximum atomic E-state index is 5.96. The second-order valence-electron chi connectivity index (χ2n) is 5.53. The molecule has 2 N–H and O–H groups in total. The largest absolute Gasteiger partial charge is 0.337 e. The lowest BCUT2D eigenvalue weighted by Gasteiger charge is -2.13. The first-order valence-corrected chi connectivity index (χ1v) is 8.27. The molecule has 4 rings (SSSR count). The third-order valence-electron chi connectivity index (χ3n) is 3.71. The van der Waals surface area contributed by atoms with E-state index in [2.05, 4.69) is 10.6 Å². The zero-order chi connectivity index (χ0) is 17.1. The van der Waals surface area contributed by atoms with E-state index in [4.69, 9.17) is 21.6 Å². The molecule has 1 aromatic heterocycles. The zero-order valence-corrected chi connectivity index (χ0v) is 14.0. The SMILES string of the molecule is Clc1ccc(Nc2nc3ccccc3nc2Nc2ccccc2)cc1. The fraction of sp³-hybridized carbons (Fsp3) is 0. The first-order valence-electron chi connectivity index (χ1n) is 7.89. The van der Waals surface area contributed by atoms with Crippen LogP contribution in [0.1, 0.15) is 0 Å². The molecule has 0 aliphatic carbocycles. The molecule has 0 unspecified atom stereocenters. The first-order chi connectivity index (χ1) is 12.3. The van der Waals surface area contributed by atoms with Crippen LogP contribution in [0.2, 0.25) is 5.02 Å². The van der Waals surface area contributed by atoms with Crippen molar-refractivity contribution >= 4 is 45.6 Å². The second-order valence-corrected chi connectivity index (χ2v) is 5.97. The number of para-hydroxylation sites is 3. The number of fused-ring (bicyclic) bond motifs is 1. The van der Waals surface area contributed by atoms with Crippen LogP contribution in [-0.4, -0.2) is 9.97 Å². The molecule has 0 saturated heterocycles. The lowest BCUT2D eigenvalue weighted by Crippen LogP contribution is -2.03. The quantitative estimate of drug-likeness (QED) is 0.492. The molecule has 4 aromatic rings. The van der Waals surface area contributed by atoms with Gasteiger partial charge in [-0.2, -0.15) is 0 Å². The summed E-state index contributed by atoms with van der Waals surface area (Å²) in [5.41, 5.74) is 3.51. The minimum atomic E-state index is 0.657. The Balaban J connectivity index is 1.76. The van der Waals surface area contributed by atoms with Crippen molar-refractivity contribution in [3.8, 4) is 0 Å². The van der Waals surface area contributed by atoms with Gasteiger partial charge in [0.25, 0.3) is 0 Å². The van der Waals surface area contributed by atoms with Crippen LogP contribution in [-0.2, 0) is 0 Å². The lowest BCUT2D eigenvalue weighted by atomic mass is 10.3. The molecule has 0 aliphatic heterocycles. The average Bonchev–Trinajstić information content (AvgIpc) is 2.65. The topological polar surface area (TPSA) is 49.8 Å². The third-order valence-corrected chi connectivity index (χ3v) is 3.97. The molecule has 0 saturated carbocycles. The van der Waals surface area contributed by atoms with E-state index in [1.165, 1.54) is 0 Å². The van der Waals surface area contributed by atoms with E-state index in [9.17, 15) is 0 Å². The Kier molecular flexibility index (Phi) is 4.19. The first kappa shape index (κ1) is 15.4. The Labute approximate surface area is 150 Å². The Bertz CT molecular complexity index is 1000. The van der Waals surface area contributed by atoms with Crippen LogP contribution in [0.15, 0.2) is 78.9 Å². The summed E-state index contributed by atoms with van der Waals surface area (Å²) in [6.07, 6.45) is 0. The fourth-order valence-corrected chi connectivity index (χ4v) is 2.63. The standard InChI is InChI=1S/C20H15ClN4/c21-14-10-12-16(13-11-14)23-20-19(22-15-6-2-1-3-7-15)24-17-8-4-5-9-18(17)25-20/h1-13H,(H,22,24)(H,23,25). The van der Waals surface area contributed by atoms with Crippen LogP contribution < -0.4 is 10.6 Å². The number of nitrogens with one attached hydrogen (secondary N) is 2. The van der Waals surface area contributed by atoms with Crippen molar-refractivity contribution in [2.24, 2.45) is 0 Å². The molecule has 5 heteroatoms. The zero-order valence-electron chi connectivity index (χ0n) is 13.3. The summed E-state index contributed by atoms with van der Waals surface area (Å²) in [4.78, 5) is 9.44. The number of aromatic nitrogens is 2. The maximum absolute atomic E-state index is 5.96. The van der Waals surface area contributed by atoms with Gasteiger partial charge in [0, 0.05) is 16.4 Å². The van der Waals surface area contributed by atoms with E-state index in [0.29, 0.717) is 16.7 Å². The molecule has 0 bridgehead atoms. The number of rotatable bonds is 4. The van der Waals surface area contributed by atoms with Crippen LogP contribution in [0.25, 0.3) is 11.0 Å². The van der Waals surface area contributed by atoms with Gasteiger partial charge < -0.3 is 10.6 Å². The molecule has 3 aromatic carbocycles. The van der Waals surface area contributed by atoms with Gasteiger partial charge in [-0.25, -0.2) is 9.97 Å². The van der Waals surface area contributed by atoms with Crippen LogP contribution in [0.5, 0.6) is 0 Å². The number of nitrogens with zero attached hydrogens (tertiary/aromatic N) is 2. The molecule has 0 fully saturated rings. The van der Waals surface area contributed by atoms with Crippen molar-refractivity contribution in [2.45, 2.75) is 0 Å². The van der Waals surface area contributed by atoms with E-state index >= 15 is 0 Å². The van der Waals surface area contributed by atoms with Gasteiger partial charge in [-0.15, -0.1) is 0 Å². The molecule has 0 amide bonds. The lowest BCUT2D eigenvalue weighted by molar-refractivity contribution is 1.27. The number of anilines is 4. The Morgan fingerprint density at radius 3 is 1.60 bits per heavy atom. The van der Waals surface area contributed by atoms with Gasteiger partial charge in [-0.3, -0.25) is 0 Å². The number of benzene rings is 3. The van der Waals surface area contributed by atoms with Crippen LogP contribution >= 0.6 is 11.6 Å². The van der Waals surface area contributed by atoms with E-state index in [1.54, 1.807) is 0 Å². The molecular weight excluding hydrogens is 332 g/mol. The number of halogens is 1. The minimum Gasteiger partial charge on any atom is -0.337 e. The van der Waals surface area contributed by atoms with E-state index in [1.807, 2.05) is 78.9 Å². The predicted molar refractivity (Wildman–Crippen MR) is 104 cm³/mol. The molecule has 25 heavy (non-hydrogen) atoms. The minimum absolute atomic E-state index is 0.657. The Hall–Kier alpha value is -3.11. The summed E-state index contributed by atoms with van der Waals surface area (Å²) in [6.45, 7) is 0. The van der Waals surface area contributed by atoms with Gasteiger partial charge in [-0.05, 0) is 48.5 Å². The van der Waals surface area contributed by atoms with Crippen LogP contribution in [0, 0.1) is 0 Å². The number of hydrogen-bond acceptors (Lipinski definition) is 4. The van der Waals surface area contributed by atoms with Crippen LogP contribution in [0.3, 0.4) is 0 Å². The van der Waals surface area contributed by atoms with Crippen molar-refractivity contribution < 1.29 is 0 Å². The summed E-state index contributed by atoms with van der Waals surface area (Å²) in [6, 6.07) is 25.2. The smallest absolute Gasteiger partial charge is 0.174 e. The highest BCUT2D eigenvalue weighted by molar-refractivity contribution is 6.30. The molecule has 0 radical (unpaired) electrons. The predicted octanol–water partition coefficient (Wildman–Crippen LogP) is 5.77. The molecule has 1 heterocycles. The summed E-state index contributed by atoms with van der Waals surface area (Å²) in [7, 11) is 0. The molecule has 0 spiro atoms. The van der Waals surface area contributed by atoms with Crippen molar-refractivity contribution in [3.05, 3.63) is 83.9 Å². The Morgan fingerprint density at radius 2 is 1.04 bits per heavy atom. The van der Waals surface area contributed by atoms with Crippen molar-refractivity contribution in [2.75, 3.05) is 10.6 Å². The Morgan fingerprint density at radius 1 is 0.560 bits per heavy atom. The van der Waals surface area contributed by atoms with Crippen molar-refractivity contribution in [1.29, 1.82) is 0 Å². The van der Waals surface area contributed by atoms with Gasteiger partial charge in [0.15, 0.2) is 11.6 Å². The second kappa shape index (κ2) is 6.79. The molecule has 4 nitrogen and oxygen atoms in total. The average molecular weight is 347 g/mol. The maximum Gasteiger partial charge on any atom is 0.174 e. The van der Waals surface area contributed by atoms with E-state index in [-0.39, 0.29) is 0 Å². The van der Waals surface area contributed by atoms with Crippen molar-refractivity contribution in [1.82, 2.24) is 9.97 Å². The third kappa shape index (κ3) is 3.54. The highest BCUT2D eigenvalue weighted by Crippen LogP contribution is 2.27. The monoisotopic (exact) mass is 346 g/mol. The van der Waals surface area contributed by atoms with Crippen molar-refractivity contribution in [3.63, 3.8) is 0 Å². The molecule has 122 valence electrons. The van der Waals surface area contributed by atoms with Gasteiger partial charge in [-0.1, -0.05) is 41.9 Å². The summed E-state index contributed by atoms with van der Waals surface area (Å²) in [5, 5.41) is 7.34. The fourth-order valence-electron chi connectivity index (χ4n) is 2.50. The number of hydrogen-bond donors (Lipinski definition) is 2. The summed E-state index contributed by atoms with van der Waals surface area (Å²) < 4.78 is 0. The van der Waals surface area contributed by atoms with Gasteiger partial charge in [0.05, 0.1) is 11.0 Å². The van der Waals surface area contributed by atoms with E-state index < -0.39 is 0 Å². The summed E-state index contributed by atoms with van der Waals surface area (Å²) in [5.74, 6) is 1.32. The molecular formula is C20H15ClN4. The molecule has 0 aliphatic rings. The van der Waals surface area contributed by atoms with Gasteiger partial charge in [0.2, 0.25) is 0 Å². The molecule has 0 atom stereocenters. The highest BCUT2D eigenvalue weighted by Gasteiger charge is 2.10. The normalized spacial score (nSPS) is 10.6. The van der Waals surface area contributed by atoms with Crippen LogP contribution in [0.4, 0.5) is 23.0 Å². The van der Waals surface area contributed by atoms with Gasteiger partial charge in [0.1, 0.15) is 0 Å². The van der Waals surface area contributed by atoms with E-state index in [0.717, 1.165) is 22.4 Å². The highest BCUT2D eigenvalue weighted by atomic mass is 35.5.